The number of halogens is 1. The van der Waals surface area contributed by atoms with Gasteiger partial charge in [-0.25, -0.2) is 8.42 Å². The molecule has 0 aromatic heterocycles. The van der Waals surface area contributed by atoms with Crippen LogP contribution in [0.3, 0.4) is 0 Å². The van der Waals surface area contributed by atoms with Gasteiger partial charge in [0.2, 0.25) is 21.8 Å². The molecule has 0 fully saturated rings. The van der Waals surface area contributed by atoms with Crippen molar-refractivity contribution in [1.82, 2.24) is 10.2 Å². The Morgan fingerprint density at radius 3 is 2.13 bits per heavy atom. The monoisotopic (exact) mass is 555 g/mol. The maximum atomic E-state index is 14.0. The van der Waals surface area contributed by atoms with Crippen molar-refractivity contribution in [2.75, 3.05) is 17.1 Å². The highest BCUT2D eigenvalue weighted by molar-refractivity contribution is 7.92. The summed E-state index contributed by atoms with van der Waals surface area (Å²) in [6.07, 6.45) is 1.32. The second-order valence-corrected chi connectivity index (χ2v) is 12.0. The maximum absolute atomic E-state index is 14.0. The van der Waals surface area contributed by atoms with Gasteiger partial charge >= 0.3 is 0 Å². The number of carbonyl (C=O) groups is 2. The predicted octanol–water partition coefficient (Wildman–Crippen LogP) is 4.58. The van der Waals surface area contributed by atoms with Gasteiger partial charge in [-0.05, 0) is 56.2 Å². The Balaban J connectivity index is 2.05. The molecule has 1 atom stereocenters. The number of carbonyl (C=O) groups excluding carboxylic acids is 2. The Morgan fingerprint density at radius 1 is 0.921 bits per heavy atom. The van der Waals surface area contributed by atoms with Gasteiger partial charge in [0.25, 0.3) is 0 Å². The molecule has 3 aromatic rings. The Bertz CT molecular complexity index is 1350. The summed E-state index contributed by atoms with van der Waals surface area (Å²) >= 11 is 6.00. The average Bonchev–Trinajstić information content (AvgIpc) is 2.85. The van der Waals surface area contributed by atoms with Crippen molar-refractivity contribution in [3.63, 3.8) is 0 Å². The molecule has 3 rings (SSSR count). The zero-order valence-electron chi connectivity index (χ0n) is 22.1. The summed E-state index contributed by atoms with van der Waals surface area (Å²) in [5, 5.41) is 3.38. The van der Waals surface area contributed by atoms with Crippen LogP contribution in [0, 0.1) is 6.92 Å². The van der Waals surface area contributed by atoms with Crippen LogP contribution in [0.4, 0.5) is 5.69 Å². The van der Waals surface area contributed by atoms with Gasteiger partial charge in [-0.1, -0.05) is 71.8 Å². The lowest BCUT2D eigenvalue weighted by Crippen LogP contribution is -2.54. The highest BCUT2D eigenvalue weighted by Crippen LogP contribution is 2.22. The molecule has 7 nitrogen and oxygen atoms in total. The van der Waals surface area contributed by atoms with E-state index in [9.17, 15) is 18.0 Å². The number of hydrogen-bond donors (Lipinski definition) is 1. The predicted molar refractivity (Wildman–Crippen MR) is 153 cm³/mol. The largest absolute Gasteiger partial charge is 0.352 e. The van der Waals surface area contributed by atoms with Crippen molar-refractivity contribution in [3.05, 3.63) is 101 Å². The number of aryl methyl sites for hydroxylation is 1. The fourth-order valence-corrected chi connectivity index (χ4v) is 5.14. The molecule has 0 saturated carbocycles. The molecule has 0 aliphatic heterocycles. The first kappa shape index (κ1) is 29.2. The molecule has 9 heteroatoms. The topological polar surface area (TPSA) is 86.8 Å². The minimum absolute atomic E-state index is 0.140. The van der Waals surface area contributed by atoms with Crippen LogP contribution in [0.5, 0.6) is 0 Å². The normalized spacial score (nSPS) is 12.2. The Labute approximate surface area is 230 Å². The van der Waals surface area contributed by atoms with Gasteiger partial charge in [0.15, 0.2) is 0 Å². The van der Waals surface area contributed by atoms with Crippen LogP contribution >= 0.6 is 11.6 Å². The SMILES string of the molecule is Cc1cccc(CN(C(=O)CN(c2ccc(Cl)cc2)S(C)(=O)=O)[C@H](Cc2ccccc2)C(=O)NC(C)C)c1. The summed E-state index contributed by atoms with van der Waals surface area (Å²) < 4.78 is 26.6. The molecule has 202 valence electrons. The summed E-state index contributed by atoms with van der Waals surface area (Å²) in [5.41, 5.74) is 3.05. The van der Waals surface area contributed by atoms with E-state index < -0.39 is 28.5 Å². The molecule has 2 amide bonds. The van der Waals surface area contributed by atoms with E-state index >= 15 is 0 Å². The van der Waals surface area contributed by atoms with Crippen molar-refractivity contribution in [2.45, 2.75) is 45.8 Å². The molecule has 0 unspecified atom stereocenters. The zero-order valence-corrected chi connectivity index (χ0v) is 23.7. The first-order valence-electron chi connectivity index (χ1n) is 12.4. The van der Waals surface area contributed by atoms with Crippen molar-refractivity contribution in [2.24, 2.45) is 0 Å². The Morgan fingerprint density at radius 2 is 1.55 bits per heavy atom. The lowest BCUT2D eigenvalue weighted by atomic mass is 10.0. The molecule has 0 aliphatic carbocycles. The first-order valence-corrected chi connectivity index (χ1v) is 14.6. The summed E-state index contributed by atoms with van der Waals surface area (Å²) in [4.78, 5) is 28.9. The van der Waals surface area contributed by atoms with Crippen molar-refractivity contribution < 1.29 is 18.0 Å². The molecule has 0 bridgehead atoms. The number of rotatable bonds is 11. The van der Waals surface area contributed by atoms with Gasteiger partial charge < -0.3 is 10.2 Å². The lowest BCUT2D eigenvalue weighted by molar-refractivity contribution is -0.140. The van der Waals surface area contributed by atoms with Crippen LogP contribution in [0.2, 0.25) is 5.02 Å². The van der Waals surface area contributed by atoms with E-state index in [1.54, 1.807) is 24.3 Å². The van der Waals surface area contributed by atoms with Crippen LogP contribution in [0.1, 0.15) is 30.5 Å². The number of amides is 2. The van der Waals surface area contributed by atoms with Crippen molar-refractivity contribution in [1.29, 1.82) is 0 Å². The molecule has 0 spiro atoms. The second kappa shape index (κ2) is 12.9. The smallest absolute Gasteiger partial charge is 0.244 e. The maximum Gasteiger partial charge on any atom is 0.244 e. The van der Waals surface area contributed by atoms with E-state index in [2.05, 4.69) is 5.32 Å². The lowest BCUT2D eigenvalue weighted by Gasteiger charge is -2.34. The van der Waals surface area contributed by atoms with Crippen LogP contribution in [-0.4, -0.2) is 50.0 Å². The van der Waals surface area contributed by atoms with Gasteiger partial charge in [0.1, 0.15) is 12.6 Å². The molecule has 0 heterocycles. The second-order valence-electron chi connectivity index (χ2n) is 9.63. The van der Waals surface area contributed by atoms with Crippen molar-refractivity contribution in [3.8, 4) is 0 Å². The van der Waals surface area contributed by atoms with E-state index in [0.29, 0.717) is 10.7 Å². The van der Waals surface area contributed by atoms with Gasteiger partial charge in [0.05, 0.1) is 11.9 Å². The number of nitrogens with zero attached hydrogens (tertiary/aromatic N) is 2. The quantitative estimate of drug-likeness (QED) is 0.375. The highest BCUT2D eigenvalue weighted by atomic mass is 35.5. The number of hydrogen-bond acceptors (Lipinski definition) is 4. The average molecular weight is 556 g/mol. The molecule has 1 N–H and O–H groups in total. The standard InChI is InChI=1S/C29H34ClN3O4S/c1-21(2)31-29(35)27(18-23-10-6-5-7-11-23)32(19-24-12-8-9-22(3)17-24)28(34)20-33(38(4,36)37)26-15-13-25(30)14-16-26/h5-17,21,27H,18-20H2,1-4H3,(H,31,35)/t27-/m1/s1. The molecular weight excluding hydrogens is 522 g/mol. The Kier molecular flexibility index (Phi) is 9.94. The zero-order chi connectivity index (χ0) is 27.9. The number of benzene rings is 3. The molecular formula is C29H34ClN3O4S. The minimum atomic E-state index is -3.82. The van der Waals surface area contributed by atoms with E-state index in [-0.39, 0.29) is 24.9 Å². The number of sulfonamides is 1. The third kappa shape index (κ3) is 8.33. The molecule has 0 aliphatic rings. The molecule has 0 saturated heterocycles. The van der Waals surface area contributed by atoms with Gasteiger partial charge in [-0.2, -0.15) is 0 Å². The summed E-state index contributed by atoms with van der Waals surface area (Å²) in [5.74, 6) is -0.797. The summed E-state index contributed by atoms with van der Waals surface area (Å²) in [6.45, 7) is 5.34. The molecule has 38 heavy (non-hydrogen) atoms. The minimum Gasteiger partial charge on any atom is -0.352 e. The van der Waals surface area contributed by atoms with Crippen LogP contribution < -0.4 is 9.62 Å². The van der Waals surface area contributed by atoms with Crippen LogP contribution in [0.25, 0.3) is 0 Å². The highest BCUT2D eigenvalue weighted by Gasteiger charge is 2.33. The first-order chi connectivity index (χ1) is 17.9. The number of anilines is 1. The van der Waals surface area contributed by atoms with Crippen molar-refractivity contribution >= 4 is 39.1 Å². The Hall–Kier alpha value is -3.36. The van der Waals surface area contributed by atoms with Gasteiger partial charge in [-0.3, -0.25) is 13.9 Å². The fourth-order valence-electron chi connectivity index (χ4n) is 4.16. The van der Waals surface area contributed by atoms with Gasteiger partial charge in [0, 0.05) is 24.0 Å². The van der Waals surface area contributed by atoms with E-state index in [0.717, 1.165) is 27.3 Å². The summed E-state index contributed by atoms with van der Waals surface area (Å²) in [7, 11) is -3.82. The molecule has 0 radical (unpaired) electrons. The van der Waals surface area contributed by atoms with Gasteiger partial charge in [-0.15, -0.1) is 0 Å². The van der Waals surface area contributed by atoms with Crippen LogP contribution in [0.15, 0.2) is 78.9 Å². The van der Waals surface area contributed by atoms with E-state index in [1.807, 2.05) is 75.4 Å². The molecule has 3 aromatic carbocycles. The number of nitrogens with one attached hydrogen (secondary N) is 1. The van der Waals surface area contributed by atoms with E-state index in [4.69, 9.17) is 11.6 Å². The van der Waals surface area contributed by atoms with E-state index in [1.165, 1.54) is 4.90 Å². The summed E-state index contributed by atoms with van der Waals surface area (Å²) in [6, 6.07) is 22.4. The third-order valence-corrected chi connectivity index (χ3v) is 7.32. The fraction of sp³-hybridized carbons (Fsp3) is 0.310. The van der Waals surface area contributed by atoms with Crippen LogP contribution in [-0.2, 0) is 32.6 Å². The third-order valence-electron chi connectivity index (χ3n) is 5.93.